The number of amides is 1. The molecule has 6 nitrogen and oxygen atoms in total. The van der Waals surface area contributed by atoms with Gasteiger partial charge in [-0.2, -0.15) is 0 Å². The highest BCUT2D eigenvalue weighted by Gasteiger charge is 2.37. The van der Waals surface area contributed by atoms with Crippen LogP contribution in [0.15, 0.2) is 0 Å². The SMILES string of the molecule is CCS(=O)(=O)NCCNC(=O)C1CC2CCCCC2N1.Cl. The third-order valence-corrected chi connectivity index (χ3v) is 5.71. The normalized spacial score (nSPS) is 28.5. The molecule has 3 atom stereocenters. The van der Waals surface area contributed by atoms with Crippen LogP contribution < -0.4 is 15.4 Å². The highest BCUT2D eigenvalue weighted by molar-refractivity contribution is 7.89. The highest BCUT2D eigenvalue weighted by atomic mass is 35.5. The predicted octanol–water partition coefficient (Wildman–Crippen LogP) is 0.384. The van der Waals surface area contributed by atoms with E-state index in [-0.39, 0.29) is 36.7 Å². The first-order chi connectivity index (χ1) is 9.52. The van der Waals surface area contributed by atoms with E-state index >= 15 is 0 Å². The number of halogens is 1. The van der Waals surface area contributed by atoms with Gasteiger partial charge in [-0.05, 0) is 32.1 Å². The van der Waals surface area contributed by atoms with Gasteiger partial charge in [-0.15, -0.1) is 12.4 Å². The van der Waals surface area contributed by atoms with Crippen LogP contribution in [0.4, 0.5) is 0 Å². The van der Waals surface area contributed by atoms with Crippen LogP contribution in [-0.4, -0.2) is 45.3 Å². The minimum atomic E-state index is -3.17. The Morgan fingerprint density at radius 1 is 1.24 bits per heavy atom. The first-order valence-electron chi connectivity index (χ1n) is 7.53. The summed E-state index contributed by atoms with van der Waals surface area (Å²) >= 11 is 0. The van der Waals surface area contributed by atoms with Gasteiger partial charge in [-0.3, -0.25) is 4.79 Å². The second kappa shape index (κ2) is 8.31. The maximum absolute atomic E-state index is 12.0. The van der Waals surface area contributed by atoms with Crippen molar-refractivity contribution in [3.63, 3.8) is 0 Å². The largest absolute Gasteiger partial charge is 0.353 e. The molecule has 1 aliphatic carbocycles. The van der Waals surface area contributed by atoms with E-state index in [1.54, 1.807) is 6.92 Å². The molecule has 0 spiro atoms. The molecular weight excluding hydrogens is 314 g/mol. The Hall–Kier alpha value is -0.370. The number of carbonyl (C=O) groups is 1. The van der Waals surface area contributed by atoms with Gasteiger partial charge in [0, 0.05) is 19.1 Å². The van der Waals surface area contributed by atoms with Crippen molar-refractivity contribution in [2.75, 3.05) is 18.8 Å². The fourth-order valence-electron chi connectivity index (χ4n) is 3.14. The van der Waals surface area contributed by atoms with E-state index in [4.69, 9.17) is 0 Å². The van der Waals surface area contributed by atoms with Crippen molar-refractivity contribution in [1.82, 2.24) is 15.4 Å². The third kappa shape index (κ3) is 5.39. The van der Waals surface area contributed by atoms with Gasteiger partial charge in [0.25, 0.3) is 0 Å². The smallest absolute Gasteiger partial charge is 0.237 e. The van der Waals surface area contributed by atoms with Crippen LogP contribution in [0, 0.1) is 5.92 Å². The molecule has 8 heteroatoms. The van der Waals surface area contributed by atoms with E-state index in [1.165, 1.54) is 25.7 Å². The van der Waals surface area contributed by atoms with E-state index < -0.39 is 10.0 Å². The minimum absolute atomic E-state index is 0. The molecule has 3 unspecified atom stereocenters. The fourth-order valence-corrected chi connectivity index (χ4v) is 3.76. The van der Waals surface area contributed by atoms with Crippen LogP contribution >= 0.6 is 12.4 Å². The average molecular weight is 340 g/mol. The molecule has 1 saturated carbocycles. The van der Waals surface area contributed by atoms with Crippen molar-refractivity contribution < 1.29 is 13.2 Å². The summed E-state index contributed by atoms with van der Waals surface area (Å²) < 4.78 is 24.9. The number of hydrogen-bond acceptors (Lipinski definition) is 4. The van der Waals surface area contributed by atoms with Crippen molar-refractivity contribution in [1.29, 1.82) is 0 Å². The molecule has 21 heavy (non-hydrogen) atoms. The van der Waals surface area contributed by atoms with Gasteiger partial charge >= 0.3 is 0 Å². The summed E-state index contributed by atoms with van der Waals surface area (Å²) in [6.45, 7) is 2.18. The van der Waals surface area contributed by atoms with Crippen LogP contribution in [0.5, 0.6) is 0 Å². The zero-order valence-electron chi connectivity index (χ0n) is 12.4. The van der Waals surface area contributed by atoms with Gasteiger partial charge in [-0.1, -0.05) is 12.8 Å². The van der Waals surface area contributed by atoms with Crippen LogP contribution in [0.3, 0.4) is 0 Å². The van der Waals surface area contributed by atoms with E-state index in [9.17, 15) is 13.2 Å². The first-order valence-corrected chi connectivity index (χ1v) is 9.18. The van der Waals surface area contributed by atoms with Gasteiger partial charge in [0.1, 0.15) is 0 Å². The lowest BCUT2D eigenvalue weighted by molar-refractivity contribution is -0.122. The molecule has 124 valence electrons. The molecule has 0 aromatic heterocycles. The van der Waals surface area contributed by atoms with Crippen LogP contribution in [0.25, 0.3) is 0 Å². The van der Waals surface area contributed by atoms with Crippen molar-refractivity contribution >= 4 is 28.3 Å². The Bertz CT molecular complexity index is 430. The van der Waals surface area contributed by atoms with Crippen LogP contribution in [0.1, 0.15) is 39.0 Å². The van der Waals surface area contributed by atoms with E-state index in [1.807, 2.05) is 0 Å². The molecule has 0 aromatic carbocycles. The van der Waals surface area contributed by atoms with E-state index in [0.29, 0.717) is 18.5 Å². The first kappa shape index (κ1) is 18.7. The minimum Gasteiger partial charge on any atom is -0.353 e. The maximum Gasteiger partial charge on any atom is 0.237 e. The number of hydrogen-bond donors (Lipinski definition) is 3. The van der Waals surface area contributed by atoms with Gasteiger partial charge in [-0.25, -0.2) is 13.1 Å². The molecule has 1 saturated heterocycles. The molecule has 0 radical (unpaired) electrons. The molecule has 1 aliphatic heterocycles. The summed E-state index contributed by atoms with van der Waals surface area (Å²) in [4.78, 5) is 12.0. The summed E-state index contributed by atoms with van der Waals surface area (Å²) in [5.41, 5.74) is 0. The van der Waals surface area contributed by atoms with E-state index in [0.717, 1.165) is 6.42 Å². The fraction of sp³-hybridized carbons (Fsp3) is 0.923. The van der Waals surface area contributed by atoms with Crippen molar-refractivity contribution in [3.05, 3.63) is 0 Å². The Morgan fingerprint density at radius 2 is 1.95 bits per heavy atom. The summed E-state index contributed by atoms with van der Waals surface area (Å²) in [5, 5.41) is 6.21. The lowest BCUT2D eigenvalue weighted by Crippen LogP contribution is -2.45. The zero-order chi connectivity index (χ0) is 14.6. The third-order valence-electron chi connectivity index (χ3n) is 4.31. The standard InChI is InChI=1S/C13H25N3O3S.ClH/c1-2-20(18,19)15-8-7-14-13(17)12-9-10-5-3-4-6-11(10)16-12;/h10-12,15-16H,2-9H2,1H3,(H,14,17);1H. The quantitative estimate of drug-likeness (QED) is 0.611. The molecule has 1 amide bonds. The Morgan fingerprint density at radius 3 is 2.62 bits per heavy atom. The molecule has 2 rings (SSSR count). The number of carbonyl (C=O) groups excluding carboxylic acids is 1. The molecule has 0 bridgehead atoms. The molecule has 2 aliphatic rings. The molecular formula is C13H26ClN3O3S. The maximum atomic E-state index is 12.0. The molecule has 1 heterocycles. The van der Waals surface area contributed by atoms with Crippen LogP contribution in [0.2, 0.25) is 0 Å². The van der Waals surface area contributed by atoms with Gasteiger partial charge < -0.3 is 10.6 Å². The lowest BCUT2D eigenvalue weighted by Gasteiger charge is -2.24. The lowest BCUT2D eigenvalue weighted by atomic mass is 9.85. The van der Waals surface area contributed by atoms with Crippen LogP contribution in [-0.2, 0) is 14.8 Å². The molecule has 2 fully saturated rings. The monoisotopic (exact) mass is 339 g/mol. The van der Waals surface area contributed by atoms with Crippen molar-refractivity contribution in [3.8, 4) is 0 Å². The van der Waals surface area contributed by atoms with Gasteiger partial charge in [0.05, 0.1) is 11.8 Å². The van der Waals surface area contributed by atoms with Crippen molar-refractivity contribution in [2.24, 2.45) is 5.92 Å². The molecule has 0 aromatic rings. The predicted molar refractivity (Wildman–Crippen MR) is 85.0 cm³/mol. The Labute approximate surface area is 133 Å². The number of fused-ring (bicyclic) bond motifs is 1. The summed E-state index contributed by atoms with van der Waals surface area (Å²) in [6.07, 6.45) is 5.83. The number of rotatable bonds is 6. The topological polar surface area (TPSA) is 87.3 Å². The average Bonchev–Trinajstić information content (AvgIpc) is 2.87. The Kier molecular flexibility index (Phi) is 7.39. The number of sulfonamides is 1. The Balaban J connectivity index is 0.00000220. The van der Waals surface area contributed by atoms with Crippen molar-refractivity contribution in [2.45, 2.75) is 51.1 Å². The summed E-state index contributed by atoms with van der Waals surface area (Å²) in [7, 11) is -3.17. The van der Waals surface area contributed by atoms with Gasteiger partial charge in [0.2, 0.25) is 15.9 Å². The summed E-state index contributed by atoms with van der Waals surface area (Å²) in [5.74, 6) is 0.697. The van der Waals surface area contributed by atoms with Gasteiger partial charge in [0.15, 0.2) is 0 Å². The molecule has 3 N–H and O–H groups in total. The van der Waals surface area contributed by atoms with E-state index in [2.05, 4.69) is 15.4 Å². The second-order valence-electron chi connectivity index (χ2n) is 5.69. The summed E-state index contributed by atoms with van der Waals surface area (Å²) in [6, 6.07) is 0.393. The number of nitrogens with one attached hydrogen (secondary N) is 3. The highest BCUT2D eigenvalue weighted by Crippen LogP contribution is 2.33. The zero-order valence-corrected chi connectivity index (χ0v) is 14.1. The second-order valence-corrected chi connectivity index (χ2v) is 7.79.